The van der Waals surface area contributed by atoms with Crippen LogP contribution in [0.2, 0.25) is 0 Å². The number of hydrogen-bond acceptors (Lipinski definition) is 5. The van der Waals surface area contributed by atoms with E-state index in [4.69, 9.17) is 5.84 Å². The fourth-order valence-electron chi connectivity index (χ4n) is 1.40. The molecule has 2 aromatic rings. The highest BCUT2D eigenvalue weighted by Crippen LogP contribution is 2.28. The number of aromatic nitrogens is 1. The molecular formula is C11H10Br2N4O2S. The monoisotopic (exact) mass is 420 g/mol. The van der Waals surface area contributed by atoms with Crippen molar-refractivity contribution in [2.24, 2.45) is 5.84 Å². The van der Waals surface area contributed by atoms with E-state index in [1.807, 2.05) is 0 Å². The van der Waals surface area contributed by atoms with E-state index in [1.165, 1.54) is 18.3 Å². The summed E-state index contributed by atoms with van der Waals surface area (Å²) in [5, 5.41) is 0. The lowest BCUT2D eigenvalue weighted by Crippen LogP contribution is -2.14. The zero-order chi connectivity index (χ0) is 14.8. The molecule has 0 saturated carbocycles. The second-order valence-corrected chi connectivity index (χ2v) is 7.21. The maximum Gasteiger partial charge on any atom is 0.263 e. The number of nitrogens with one attached hydrogen (secondary N) is 2. The molecule has 2 rings (SSSR count). The summed E-state index contributed by atoms with van der Waals surface area (Å²) >= 11 is 6.60. The number of hydrazine groups is 1. The van der Waals surface area contributed by atoms with Gasteiger partial charge in [0.1, 0.15) is 10.7 Å². The topological polar surface area (TPSA) is 97.1 Å². The fraction of sp³-hybridized carbons (Fsp3) is 0. The number of hydrogen-bond donors (Lipinski definition) is 3. The molecule has 9 heteroatoms. The average Bonchev–Trinajstić information content (AvgIpc) is 2.42. The zero-order valence-corrected chi connectivity index (χ0v) is 14.0. The summed E-state index contributed by atoms with van der Waals surface area (Å²) in [4.78, 5) is 3.91. The van der Waals surface area contributed by atoms with Gasteiger partial charge in [-0.2, -0.15) is 0 Å². The first-order valence-corrected chi connectivity index (χ1v) is 8.40. The first-order chi connectivity index (χ1) is 9.42. The smallest absolute Gasteiger partial charge is 0.263 e. The van der Waals surface area contributed by atoms with Crippen LogP contribution in [0.3, 0.4) is 0 Å². The van der Waals surface area contributed by atoms with Crippen molar-refractivity contribution in [2.75, 3.05) is 10.1 Å². The molecule has 4 N–H and O–H groups in total. The van der Waals surface area contributed by atoms with Crippen LogP contribution in [-0.2, 0) is 10.0 Å². The highest BCUT2D eigenvalue weighted by Gasteiger charge is 2.16. The number of nitrogens with two attached hydrogens (primary N) is 1. The lowest BCUT2D eigenvalue weighted by molar-refractivity contribution is 0.601. The molecule has 6 nitrogen and oxygen atoms in total. The van der Waals surface area contributed by atoms with Crippen molar-refractivity contribution in [1.82, 2.24) is 4.98 Å². The normalized spacial score (nSPS) is 11.2. The van der Waals surface area contributed by atoms with Crippen LogP contribution in [0.25, 0.3) is 0 Å². The summed E-state index contributed by atoms with van der Waals surface area (Å²) < 4.78 is 28.4. The van der Waals surface area contributed by atoms with Crippen molar-refractivity contribution in [1.29, 1.82) is 0 Å². The molecule has 0 amide bonds. The molecule has 106 valence electrons. The van der Waals surface area contributed by atoms with Crippen LogP contribution in [0.15, 0.2) is 50.4 Å². The number of benzene rings is 1. The van der Waals surface area contributed by atoms with Gasteiger partial charge in [0.05, 0.1) is 5.69 Å². The highest BCUT2D eigenvalue weighted by atomic mass is 79.9. The van der Waals surface area contributed by atoms with Crippen molar-refractivity contribution in [3.05, 3.63) is 45.5 Å². The minimum Gasteiger partial charge on any atom is -0.308 e. The van der Waals surface area contributed by atoms with E-state index >= 15 is 0 Å². The summed E-state index contributed by atoms with van der Waals surface area (Å²) in [5.74, 6) is 5.56. The minimum absolute atomic E-state index is 0.0475. The van der Waals surface area contributed by atoms with Crippen LogP contribution >= 0.6 is 31.9 Å². The molecule has 0 aliphatic carbocycles. The SMILES string of the molecule is NNc1ccc(S(=O)(=O)Nc2ccc(Br)cc2Br)cn1. The van der Waals surface area contributed by atoms with E-state index in [-0.39, 0.29) is 4.90 Å². The van der Waals surface area contributed by atoms with Crippen molar-refractivity contribution < 1.29 is 8.42 Å². The van der Waals surface area contributed by atoms with Crippen LogP contribution in [-0.4, -0.2) is 13.4 Å². The summed E-state index contributed by atoms with van der Waals surface area (Å²) in [5.41, 5.74) is 2.77. The van der Waals surface area contributed by atoms with Crippen molar-refractivity contribution in [3.8, 4) is 0 Å². The summed E-state index contributed by atoms with van der Waals surface area (Å²) in [7, 11) is -3.70. The Morgan fingerprint density at radius 2 is 1.90 bits per heavy atom. The van der Waals surface area contributed by atoms with Crippen LogP contribution in [0.5, 0.6) is 0 Å². The van der Waals surface area contributed by atoms with E-state index in [1.54, 1.807) is 18.2 Å². The maximum atomic E-state index is 12.2. The number of rotatable bonds is 4. The summed E-state index contributed by atoms with van der Waals surface area (Å²) in [6, 6.07) is 8.03. The number of nitrogens with zero attached hydrogens (tertiary/aromatic N) is 1. The number of anilines is 2. The molecule has 1 aromatic heterocycles. The van der Waals surface area contributed by atoms with Gasteiger partial charge in [-0.15, -0.1) is 0 Å². The second-order valence-electron chi connectivity index (χ2n) is 3.75. The van der Waals surface area contributed by atoms with E-state index < -0.39 is 10.0 Å². The highest BCUT2D eigenvalue weighted by molar-refractivity contribution is 9.11. The number of pyridine rings is 1. The van der Waals surface area contributed by atoms with Crippen LogP contribution in [0, 0.1) is 0 Å². The van der Waals surface area contributed by atoms with Gasteiger partial charge in [0.25, 0.3) is 10.0 Å². The van der Waals surface area contributed by atoms with Crippen molar-refractivity contribution in [3.63, 3.8) is 0 Å². The third kappa shape index (κ3) is 3.48. The largest absolute Gasteiger partial charge is 0.308 e. The molecule has 0 bridgehead atoms. The second kappa shape index (κ2) is 6.08. The van der Waals surface area contributed by atoms with Gasteiger partial charge >= 0.3 is 0 Å². The van der Waals surface area contributed by atoms with Gasteiger partial charge < -0.3 is 5.43 Å². The van der Waals surface area contributed by atoms with Gasteiger partial charge in [0.15, 0.2) is 0 Å². The van der Waals surface area contributed by atoms with E-state index in [9.17, 15) is 8.42 Å². The number of halogens is 2. The summed E-state index contributed by atoms with van der Waals surface area (Å²) in [6.45, 7) is 0. The third-order valence-corrected chi connectivity index (χ3v) is 4.87. The molecule has 0 spiro atoms. The molecule has 0 radical (unpaired) electrons. The molecule has 0 fully saturated rings. The minimum atomic E-state index is -3.70. The Labute approximate surface area is 133 Å². The molecule has 0 saturated heterocycles. The molecule has 1 aromatic carbocycles. The van der Waals surface area contributed by atoms with Gasteiger partial charge in [0, 0.05) is 15.1 Å². The van der Waals surface area contributed by atoms with E-state index in [2.05, 4.69) is 47.0 Å². The fourth-order valence-corrected chi connectivity index (χ4v) is 3.70. The Morgan fingerprint density at radius 1 is 1.15 bits per heavy atom. The van der Waals surface area contributed by atoms with Crippen molar-refractivity contribution in [2.45, 2.75) is 4.90 Å². The predicted molar refractivity (Wildman–Crippen MR) is 84.7 cm³/mol. The van der Waals surface area contributed by atoms with Gasteiger partial charge in [-0.25, -0.2) is 19.2 Å². The quantitative estimate of drug-likeness (QED) is 0.520. The predicted octanol–water partition coefficient (Wildman–Crippen LogP) is 2.69. The molecule has 0 aliphatic heterocycles. The Bertz CT molecular complexity index is 720. The summed E-state index contributed by atoms with van der Waals surface area (Å²) in [6.07, 6.45) is 1.23. The van der Waals surface area contributed by atoms with Gasteiger partial charge in [-0.05, 0) is 46.3 Å². The Morgan fingerprint density at radius 3 is 2.45 bits per heavy atom. The molecule has 0 atom stereocenters. The maximum absolute atomic E-state index is 12.2. The lowest BCUT2D eigenvalue weighted by atomic mass is 10.3. The molecule has 1 heterocycles. The molecule has 0 aliphatic rings. The first-order valence-electron chi connectivity index (χ1n) is 5.33. The van der Waals surface area contributed by atoms with Crippen LogP contribution in [0.4, 0.5) is 11.5 Å². The standard InChI is InChI=1S/C11H10Br2N4O2S/c12-7-1-3-10(9(13)5-7)17-20(18,19)8-2-4-11(16-14)15-6-8/h1-6,17H,14H2,(H,15,16). The third-order valence-electron chi connectivity index (χ3n) is 2.37. The van der Waals surface area contributed by atoms with Gasteiger partial charge in [0.2, 0.25) is 0 Å². The molecular weight excluding hydrogens is 412 g/mol. The van der Waals surface area contributed by atoms with E-state index in [0.717, 1.165) is 4.47 Å². The average molecular weight is 422 g/mol. The molecule has 0 unspecified atom stereocenters. The van der Waals surface area contributed by atoms with Crippen LogP contribution in [0.1, 0.15) is 0 Å². The molecule has 20 heavy (non-hydrogen) atoms. The van der Waals surface area contributed by atoms with Gasteiger partial charge in [-0.3, -0.25) is 4.72 Å². The number of nitrogen functional groups attached to an aromatic ring is 1. The Balaban J connectivity index is 2.30. The van der Waals surface area contributed by atoms with Crippen molar-refractivity contribution >= 4 is 53.4 Å². The zero-order valence-electron chi connectivity index (χ0n) is 9.97. The number of sulfonamides is 1. The van der Waals surface area contributed by atoms with E-state index in [0.29, 0.717) is 16.0 Å². The van der Waals surface area contributed by atoms with Gasteiger partial charge in [-0.1, -0.05) is 15.9 Å². The lowest BCUT2D eigenvalue weighted by Gasteiger charge is -2.10. The first kappa shape index (κ1) is 15.2. The Hall–Kier alpha value is -1.16. The van der Waals surface area contributed by atoms with Crippen LogP contribution < -0.4 is 16.0 Å². The Kier molecular flexibility index (Phi) is 4.63.